The first-order valence-electron chi connectivity index (χ1n) is 6.91. The number of rotatable bonds is 5. The summed E-state index contributed by atoms with van der Waals surface area (Å²) >= 11 is 0. The second kappa shape index (κ2) is 6.49. The Kier molecular flexibility index (Phi) is 4.70. The van der Waals surface area contributed by atoms with Crippen molar-refractivity contribution < 1.29 is 9.21 Å². The van der Waals surface area contributed by atoms with Gasteiger partial charge in [0.25, 0.3) is 0 Å². The predicted molar refractivity (Wildman–Crippen MR) is 80.5 cm³/mol. The molecule has 2 rings (SSSR count). The monoisotopic (exact) mass is 288 g/mol. The van der Waals surface area contributed by atoms with E-state index in [9.17, 15) is 4.79 Å². The van der Waals surface area contributed by atoms with Crippen LogP contribution in [-0.2, 0) is 4.79 Å². The Morgan fingerprint density at radius 2 is 2.19 bits per heavy atom. The zero-order chi connectivity index (χ0) is 15.4. The van der Waals surface area contributed by atoms with Gasteiger partial charge in [-0.3, -0.25) is 4.79 Å². The molecule has 0 fully saturated rings. The summed E-state index contributed by atoms with van der Waals surface area (Å²) < 4.78 is 5.15. The van der Waals surface area contributed by atoms with Crippen LogP contribution in [0.15, 0.2) is 29.0 Å². The van der Waals surface area contributed by atoms with E-state index in [2.05, 4.69) is 15.5 Å². The zero-order valence-corrected chi connectivity index (χ0v) is 12.5. The number of carbonyl (C=O) groups is 1. The average Bonchev–Trinajstić information content (AvgIpc) is 2.94. The van der Waals surface area contributed by atoms with Crippen molar-refractivity contribution in [3.63, 3.8) is 0 Å². The van der Waals surface area contributed by atoms with Gasteiger partial charge in [0.05, 0.1) is 6.04 Å². The van der Waals surface area contributed by atoms with Gasteiger partial charge < -0.3 is 15.5 Å². The first kappa shape index (κ1) is 15.2. The second-order valence-electron chi connectivity index (χ2n) is 5.50. The number of carbonyl (C=O) groups excluding carboxylic acids is 1. The molecule has 6 heteroatoms. The summed E-state index contributed by atoms with van der Waals surface area (Å²) in [6, 6.07) is 5.02. The van der Waals surface area contributed by atoms with Crippen molar-refractivity contribution in [3.8, 4) is 11.5 Å². The molecular formula is C15H20N4O2. The summed E-state index contributed by atoms with van der Waals surface area (Å²) in [5.41, 5.74) is 8.34. The van der Waals surface area contributed by atoms with Crippen molar-refractivity contribution in [2.24, 2.45) is 11.7 Å². The van der Waals surface area contributed by atoms with Crippen LogP contribution in [0.25, 0.3) is 11.5 Å². The quantitative estimate of drug-likeness (QED) is 0.880. The van der Waals surface area contributed by atoms with Crippen LogP contribution in [0, 0.1) is 12.8 Å². The van der Waals surface area contributed by atoms with Gasteiger partial charge in [-0.25, -0.2) is 0 Å². The van der Waals surface area contributed by atoms with Crippen LogP contribution in [0.2, 0.25) is 0 Å². The van der Waals surface area contributed by atoms with E-state index >= 15 is 0 Å². The molecule has 1 amide bonds. The molecule has 0 aliphatic rings. The Morgan fingerprint density at radius 3 is 2.76 bits per heavy atom. The highest BCUT2D eigenvalue weighted by Crippen LogP contribution is 2.23. The predicted octanol–water partition coefficient (Wildman–Crippen LogP) is 2.36. The van der Waals surface area contributed by atoms with Crippen molar-refractivity contribution in [3.05, 3.63) is 30.2 Å². The molecular weight excluding hydrogens is 268 g/mol. The van der Waals surface area contributed by atoms with Crippen molar-refractivity contribution in [2.45, 2.75) is 33.2 Å². The summed E-state index contributed by atoms with van der Waals surface area (Å²) in [6.07, 6.45) is 1.94. The second-order valence-corrected chi connectivity index (χ2v) is 5.50. The molecule has 0 bridgehead atoms. The lowest BCUT2D eigenvalue weighted by Crippen LogP contribution is -2.36. The normalized spacial score (nSPS) is 12.4. The minimum Gasteiger partial charge on any atom is -0.423 e. The summed E-state index contributed by atoms with van der Waals surface area (Å²) in [6.45, 7) is 5.98. The molecule has 0 unspecified atom stereocenters. The topological polar surface area (TPSA) is 94.0 Å². The minimum atomic E-state index is -0.500. The summed E-state index contributed by atoms with van der Waals surface area (Å²) in [5.74, 6) is 0.663. The number of nitrogens with two attached hydrogens (primary N) is 1. The lowest BCUT2D eigenvalue weighted by atomic mass is 10.0. The van der Waals surface area contributed by atoms with Gasteiger partial charge in [-0.05, 0) is 43.0 Å². The molecule has 0 radical (unpaired) electrons. The molecule has 112 valence electrons. The highest BCUT2D eigenvalue weighted by atomic mass is 16.4. The van der Waals surface area contributed by atoms with Crippen molar-refractivity contribution in [1.82, 2.24) is 10.2 Å². The third-order valence-corrected chi connectivity index (χ3v) is 3.15. The van der Waals surface area contributed by atoms with Crippen molar-refractivity contribution >= 4 is 11.6 Å². The number of nitrogens with zero attached hydrogens (tertiary/aromatic N) is 2. The smallest absolute Gasteiger partial charge is 0.247 e. The van der Waals surface area contributed by atoms with Gasteiger partial charge in [0.15, 0.2) is 0 Å². The maximum Gasteiger partial charge on any atom is 0.247 e. The Morgan fingerprint density at radius 1 is 1.43 bits per heavy atom. The first-order valence-corrected chi connectivity index (χ1v) is 6.91. The van der Waals surface area contributed by atoms with Crippen LogP contribution in [-0.4, -0.2) is 22.1 Å². The van der Waals surface area contributed by atoms with Crippen molar-refractivity contribution in [2.75, 3.05) is 5.32 Å². The van der Waals surface area contributed by atoms with E-state index in [1.807, 2.05) is 39.0 Å². The highest BCUT2D eigenvalue weighted by molar-refractivity contribution is 5.95. The number of nitrogens with one attached hydrogen (secondary N) is 1. The zero-order valence-electron chi connectivity index (χ0n) is 12.5. The number of anilines is 1. The van der Waals surface area contributed by atoms with Gasteiger partial charge in [-0.2, -0.15) is 0 Å². The largest absolute Gasteiger partial charge is 0.423 e. The molecule has 1 atom stereocenters. The van der Waals surface area contributed by atoms with E-state index in [1.165, 1.54) is 6.39 Å². The van der Waals surface area contributed by atoms with Gasteiger partial charge >= 0.3 is 0 Å². The van der Waals surface area contributed by atoms with Crippen molar-refractivity contribution in [1.29, 1.82) is 0 Å². The number of hydrogen-bond acceptors (Lipinski definition) is 5. The molecule has 2 aromatic rings. The Hall–Kier alpha value is -2.21. The van der Waals surface area contributed by atoms with Gasteiger partial charge in [-0.1, -0.05) is 13.8 Å². The fourth-order valence-corrected chi connectivity index (χ4v) is 2.08. The van der Waals surface area contributed by atoms with Gasteiger partial charge in [-0.15, -0.1) is 10.2 Å². The van der Waals surface area contributed by atoms with E-state index in [4.69, 9.17) is 10.2 Å². The van der Waals surface area contributed by atoms with E-state index in [1.54, 1.807) is 0 Å². The maximum absolute atomic E-state index is 12.0. The molecule has 21 heavy (non-hydrogen) atoms. The molecule has 1 heterocycles. The molecule has 6 nitrogen and oxygen atoms in total. The molecule has 1 aromatic heterocycles. The minimum absolute atomic E-state index is 0.169. The summed E-state index contributed by atoms with van der Waals surface area (Å²) in [5, 5.41) is 10.4. The SMILES string of the molecule is Cc1cc(-c2nnco2)ccc1NC(=O)[C@H](N)CC(C)C. The van der Waals surface area contributed by atoms with Gasteiger partial charge in [0.2, 0.25) is 18.2 Å². The first-order chi connectivity index (χ1) is 9.97. The molecule has 0 spiro atoms. The lowest BCUT2D eigenvalue weighted by Gasteiger charge is -2.15. The van der Waals surface area contributed by atoms with Crippen LogP contribution in [0.1, 0.15) is 25.8 Å². The number of amides is 1. The maximum atomic E-state index is 12.0. The lowest BCUT2D eigenvalue weighted by molar-refractivity contribution is -0.117. The summed E-state index contributed by atoms with van der Waals surface area (Å²) in [7, 11) is 0. The summed E-state index contributed by atoms with van der Waals surface area (Å²) in [4.78, 5) is 12.0. The Bertz CT molecular complexity index is 608. The highest BCUT2D eigenvalue weighted by Gasteiger charge is 2.16. The van der Waals surface area contributed by atoms with Gasteiger partial charge in [0, 0.05) is 11.3 Å². The molecule has 3 N–H and O–H groups in total. The Balaban J connectivity index is 2.09. The van der Waals surface area contributed by atoms with E-state index in [0.29, 0.717) is 18.2 Å². The molecule has 0 aliphatic heterocycles. The fourth-order valence-electron chi connectivity index (χ4n) is 2.08. The van der Waals surface area contributed by atoms with Crippen LogP contribution in [0.5, 0.6) is 0 Å². The van der Waals surface area contributed by atoms with E-state index < -0.39 is 6.04 Å². The van der Waals surface area contributed by atoms with Crippen LogP contribution in [0.4, 0.5) is 5.69 Å². The fraction of sp³-hybridized carbons (Fsp3) is 0.400. The Labute approximate surface area is 123 Å². The number of aryl methyl sites for hydroxylation is 1. The van der Waals surface area contributed by atoms with Gasteiger partial charge in [0.1, 0.15) is 0 Å². The standard InChI is InChI=1S/C15H20N4O2/c1-9(2)6-12(16)14(20)18-13-5-4-11(7-10(13)3)15-19-17-8-21-15/h4-5,7-9,12H,6,16H2,1-3H3,(H,18,20)/t12-/m1/s1. The van der Waals surface area contributed by atoms with E-state index in [-0.39, 0.29) is 5.91 Å². The van der Waals surface area contributed by atoms with Crippen LogP contribution < -0.4 is 11.1 Å². The molecule has 0 saturated carbocycles. The number of benzene rings is 1. The van der Waals surface area contributed by atoms with Crippen LogP contribution in [0.3, 0.4) is 0 Å². The third-order valence-electron chi connectivity index (χ3n) is 3.15. The van der Waals surface area contributed by atoms with Crippen LogP contribution >= 0.6 is 0 Å². The third kappa shape index (κ3) is 3.88. The molecule has 0 saturated heterocycles. The average molecular weight is 288 g/mol. The molecule has 0 aliphatic carbocycles. The molecule has 1 aromatic carbocycles. The van der Waals surface area contributed by atoms with E-state index in [0.717, 1.165) is 16.8 Å². The number of hydrogen-bond donors (Lipinski definition) is 2. The number of aromatic nitrogens is 2.